The predicted molar refractivity (Wildman–Crippen MR) is 103 cm³/mol. The molecule has 0 saturated carbocycles. The number of aryl methyl sites for hydroxylation is 1. The van der Waals surface area contributed by atoms with Crippen LogP contribution in [0, 0.1) is 6.92 Å². The van der Waals surface area contributed by atoms with E-state index < -0.39 is 6.04 Å². The van der Waals surface area contributed by atoms with Crippen LogP contribution >= 0.6 is 0 Å². The molecule has 2 N–H and O–H groups in total. The summed E-state index contributed by atoms with van der Waals surface area (Å²) in [5.41, 5.74) is 2.54. The van der Waals surface area contributed by atoms with E-state index in [9.17, 15) is 14.4 Å². The quantitative estimate of drug-likeness (QED) is 0.794. The summed E-state index contributed by atoms with van der Waals surface area (Å²) in [6.07, 6.45) is 0.0423. The Morgan fingerprint density at radius 2 is 1.93 bits per heavy atom. The minimum atomic E-state index is -0.710. The van der Waals surface area contributed by atoms with Crippen molar-refractivity contribution in [1.82, 2.24) is 0 Å². The van der Waals surface area contributed by atoms with Gasteiger partial charge in [-0.3, -0.25) is 14.4 Å². The van der Waals surface area contributed by atoms with E-state index in [1.165, 1.54) is 18.9 Å². The Balaban J connectivity index is 1.86. The van der Waals surface area contributed by atoms with Gasteiger partial charge in [0.25, 0.3) is 5.91 Å². The first-order valence-corrected chi connectivity index (χ1v) is 8.55. The number of ether oxygens (including phenoxy) is 1. The fraction of sp³-hybridized carbons (Fsp3) is 0.250. The van der Waals surface area contributed by atoms with Crippen LogP contribution in [0.15, 0.2) is 42.5 Å². The van der Waals surface area contributed by atoms with E-state index in [-0.39, 0.29) is 24.1 Å². The second-order valence-corrected chi connectivity index (χ2v) is 6.35. The molecule has 1 atom stereocenters. The van der Waals surface area contributed by atoms with Crippen molar-refractivity contribution in [2.24, 2.45) is 0 Å². The molecule has 2 aromatic rings. The highest BCUT2D eigenvalue weighted by molar-refractivity contribution is 6.23. The van der Waals surface area contributed by atoms with Crippen LogP contribution in [0.2, 0.25) is 0 Å². The van der Waals surface area contributed by atoms with Crippen molar-refractivity contribution in [1.29, 1.82) is 0 Å². The maximum Gasteiger partial charge on any atom is 0.256 e. The predicted octanol–water partition coefficient (Wildman–Crippen LogP) is 2.71. The standard InChI is InChI=1S/C20H21N3O4/c1-12-6-4-5-7-17(12)23-19(25)11-16(20(23)26)22-15-10-14(21-13(2)24)8-9-18(15)27-3/h4-10,16,22H,11H2,1-3H3,(H,21,24)/t16-/m1/s1. The summed E-state index contributed by atoms with van der Waals surface area (Å²) >= 11 is 0. The normalized spacial score (nSPS) is 16.4. The Morgan fingerprint density at radius 3 is 2.59 bits per heavy atom. The van der Waals surface area contributed by atoms with Crippen LogP contribution in [0.1, 0.15) is 18.9 Å². The molecule has 1 aliphatic rings. The molecule has 0 spiro atoms. The number of carbonyl (C=O) groups is 3. The van der Waals surface area contributed by atoms with Crippen molar-refractivity contribution in [3.05, 3.63) is 48.0 Å². The lowest BCUT2D eigenvalue weighted by Crippen LogP contribution is -2.35. The first-order valence-electron chi connectivity index (χ1n) is 8.55. The van der Waals surface area contributed by atoms with Gasteiger partial charge in [0, 0.05) is 12.6 Å². The molecule has 0 aliphatic carbocycles. The molecule has 3 rings (SSSR count). The van der Waals surface area contributed by atoms with Gasteiger partial charge in [-0.2, -0.15) is 0 Å². The number of para-hydroxylation sites is 1. The van der Waals surface area contributed by atoms with Gasteiger partial charge in [-0.25, -0.2) is 4.90 Å². The molecular weight excluding hydrogens is 346 g/mol. The molecule has 1 saturated heterocycles. The van der Waals surface area contributed by atoms with Gasteiger partial charge in [-0.05, 0) is 36.8 Å². The van der Waals surface area contributed by atoms with Crippen molar-refractivity contribution in [2.75, 3.05) is 22.6 Å². The molecule has 0 bridgehead atoms. The molecule has 2 aromatic carbocycles. The zero-order chi connectivity index (χ0) is 19.6. The molecule has 1 heterocycles. The van der Waals surface area contributed by atoms with Crippen LogP contribution in [0.4, 0.5) is 17.1 Å². The number of methoxy groups -OCH3 is 1. The average Bonchev–Trinajstić information content (AvgIpc) is 2.89. The Labute approximate surface area is 157 Å². The molecule has 0 aromatic heterocycles. The van der Waals surface area contributed by atoms with Crippen molar-refractivity contribution < 1.29 is 19.1 Å². The Morgan fingerprint density at radius 1 is 1.19 bits per heavy atom. The summed E-state index contributed by atoms with van der Waals surface area (Å²) in [5, 5.41) is 5.77. The third-order valence-corrected chi connectivity index (χ3v) is 4.35. The number of amides is 3. The largest absolute Gasteiger partial charge is 0.495 e. The number of carbonyl (C=O) groups excluding carboxylic acids is 3. The lowest BCUT2D eigenvalue weighted by Gasteiger charge is -2.19. The van der Waals surface area contributed by atoms with E-state index in [0.29, 0.717) is 22.8 Å². The first kappa shape index (κ1) is 18.4. The van der Waals surface area contributed by atoms with Gasteiger partial charge in [-0.1, -0.05) is 18.2 Å². The van der Waals surface area contributed by atoms with Crippen molar-refractivity contribution in [3.8, 4) is 5.75 Å². The van der Waals surface area contributed by atoms with Gasteiger partial charge in [0.15, 0.2) is 0 Å². The van der Waals surface area contributed by atoms with Crippen molar-refractivity contribution in [3.63, 3.8) is 0 Å². The maximum atomic E-state index is 12.9. The molecule has 3 amide bonds. The fourth-order valence-electron chi connectivity index (χ4n) is 3.10. The molecule has 7 heteroatoms. The van der Waals surface area contributed by atoms with E-state index in [2.05, 4.69) is 10.6 Å². The van der Waals surface area contributed by atoms with Crippen LogP contribution in [0.5, 0.6) is 5.75 Å². The van der Waals surface area contributed by atoms with E-state index in [4.69, 9.17) is 4.74 Å². The zero-order valence-electron chi connectivity index (χ0n) is 15.4. The monoisotopic (exact) mass is 367 g/mol. The number of nitrogens with zero attached hydrogens (tertiary/aromatic N) is 1. The number of imide groups is 1. The second kappa shape index (κ2) is 7.49. The minimum Gasteiger partial charge on any atom is -0.495 e. The minimum absolute atomic E-state index is 0.0423. The van der Waals surface area contributed by atoms with Gasteiger partial charge in [0.2, 0.25) is 11.8 Å². The summed E-state index contributed by atoms with van der Waals surface area (Å²) in [4.78, 5) is 37.9. The molecule has 1 aliphatic heterocycles. The molecule has 0 unspecified atom stereocenters. The average molecular weight is 367 g/mol. The van der Waals surface area contributed by atoms with Crippen LogP contribution < -0.4 is 20.3 Å². The van der Waals surface area contributed by atoms with Gasteiger partial charge in [0.05, 0.1) is 24.9 Å². The second-order valence-electron chi connectivity index (χ2n) is 6.35. The van der Waals surface area contributed by atoms with Gasteiger partial charge < -0.3 is 15.4 Å². The number of hydrogen-bond donors (Lipinski definition) is 2. The van der Waals surface area contributed by atoms with Crippen molar-refractivity contribution in [2.45, 2.75) is 26.3 Å². The molecule has 140 valence electrons. The van der Waals surface area contributed by atoms with Crippen LogP contribution in [-0.4, -0.2) is 30.9 Å². The number of anilines is 3. The van der Waals surface area contributed by atoms with E-state index >= 15 is 0 Å². The Kier molecular flexibility index (Phi) is 5.12. The summed E-state index contributed by atoms with van der Waals surface area (Å²) in [6, 6.07) is 11.6. The Hall–Kier alpha value is -3.35. The van der Waals surface area contributed by atoms with Crippen LogP contribution in [-0.2, 0) is 14.4 Å². The summed E-state index contributed by atoms with van der Waals surface area (Å²) in [5.74, 6) is -0.271. The summed E-state index contributed by atoms with van der Waals surface area (Å²) in [7, 11) is 1.51. The van der Waals surface area contributed by atoms with Crippen molar-refractivity contribution >= 4 is 34.8 Å². The lowest BCUT2D eigenvalue weighted by atomic mass is 10.2. The number of rotatable bonds is 5. The van der Waals surface area contributed by atoms with E-state index in [1.54, 1.807) is 30.3 Å². The van der Waals surface area contributed by atoms with Gasteiger partial charge >= 0.3 is 0 Å². The third-order valence-electron chi connectivity index (χ3n) is 4.35. The molecule has 1 fully saturated rings. The third kappa shape index (κ3) is 3.76. The zero-order valence-corrected chi connectivity index (χ0v) is 15.4. The van der Waals surface area contributed by atoms with E-state index in [0.717, 1.165) is 5.56 Å². The number of hydrogen-bond acceptors (Lipinski definition) is 5. The molecule has 27 heavy (non-hydrogen) atoms. The lowest BCUT2D eigenvalue weighted by molar-refractivity contribution is -0.121. The highest BCUT2D eigenvalue weighted by atomic mass is 16.5. The summed E-state index contributed by atoms with van der Waals surface area (Å²) < 4.78 is 5.32. The Bertz CT molecular complexity index is 910. The highest BCUT2D eigenvalue weighted by Gasteiger charge is 2.40. The smallest absolute Gasteiger partial charge is 0.256 e. The maximum absolute atomic E-state index is 12.9. The topological polar surface area (TPSA) is 87.7 Å². The van der Waals surface area contributed by atoms with Gasteiger partial charge in [-0.15, -0.1) is 0 Å². The molecule has 7 nitrogen and oxygen atoms in total. The number of benzene rings is 2. The fourth-order valence-corrected chi connectivity index (χ4v) is 3.10. The SMILES string of the molecule is COc1ccc(NC(C)=O)cc1N[C@@H]1CC(=O)N(c2ccccc2C)C1=O. The van der Waals surface area contributed by atoms with E-state index in [1.807, 2.05) is 19.1 Å². The first-order chi connectivity index (χ1) is 12.9. The summed E-state index contributed by atoms with van der Waals surface area (Å²) in [6.45, 7) is 3.27. The molecular formula is C20H21N3O4. The van der Waals surface area contributed by atoms with Crippen LogP contribution in [0.25, 0.3) is 0 Å². The molecule has 0 radical (unpaired) electrons. The highest BCUT2D eigenvalue weighted by Crippen LogP contribution is 2.32. The van der Waals surface area contributed by atoms with Gasteiger partial charge in [0.1, 0.15) is 11.8 Å². The number of nitrogens with one attached hydrogen (secondary N) is 2. The van der Waals surface area contributed by atoms with Crippen LogP contribution in [0.3, 0.4) is 0 Å².